The first-order valence-electron chi connectivity index (χ1n) is 7.74. The Kier molecular flexibility index (Phi) is 4.92. The van der Waals surface area contributed by atoms with Crippen LogP contribution in [0.25, 0.3) is 10.9 Å². The van der Waals surface area contributed by atoms with Gasteiger partial charge in [-0.05, 0) is 30.9 Å². The molecule has 1 aromatic carbocycles. The molecule has 0 fully saturated rings. The van der Waals surface area contributed by atoms with E-state index in [0.717, 1.165) is 30.5 Å². The smallest absolute Gasteiger partial charge is 0.220 e. The average molecular weight is 328 g/mol. The van der Waals surface area contributed by atoms with E-state index in [1.807, 2.05) is 29.8 Å². The molecule has 23 heavy (non-hydrogen) atoms. The van der Waals surface area contributed by atoms with Crippen molar-refractivity contribution in [2.24, 2.45) is 0 Å². The van der Waals surface area contributed by atoms with Crippen LogP contribution in [-0.2, 0) is 17.6 Å². The molecule has 2 aromatic heterocycles. The lowest BCUT2D eigenvalue weighted by atomic mass is 10.1. The number of hydrogen-bond donors (Lipinski definition) is 3. The van der Waals surface area contributed by atoms with Crippen molar-refractivity contribution in [2.75, 3.05) is 12.3 Å². The maximum absolute atomic E-state index is 11.9. The first-order chi connectivity index (χ1) is 11.2. The van der Waals surface area contributed by atoms with E-state index in [9.17, 15) is 4.79 Å². The van der Waals surface area contributed by atoms with Crippen molar-refractivity contribution in [1.82, 2.24) is 15.3 Å². The van der Waals surface area contributed by atoms with Gasteiger partial charge in [-0.2, -0.15) is 0 Å². The van der Waals surface area contributed by atoms with Crippen molar-refractivity contribution in [2.45, 2.75) is 25.7 Å². The molecule has 0 bridgehead atoms. The minimum Gasteiger partial charge on any atom is -0.375 e. The number of H-pyrrole nitrogens is 1. The van der Waals surface area contributed by atoms with Crippen LogP contribution in [0.5, 0.6) is 0 Å². The number of thiazole rings is 1. The molecule has 0 saturated carbocycles. The predicted octanol–water partition coefficient (Wildman–Crippen LogP) is 2.89. The second-order valence-electron chi connectivity index (χ2n) is 5.49. The second-order valence-corrected chi connectivity index (χ2v) is 6.38. The Morgan fingerprint density at radius 1 is 1.30 bits per heavy atom. The van der Waals surface area contributed by atoms with E-state index in [1.54, 1.807) is 0 Å². The zero-order valence-electron chi connectivity index (χ0n) is 12.8. The molecule has 0 unspecified atom stereocenters. The fourth-order valence-electron chi connectivity index (χ4n) is 2.61. The van der Waals surface area contributed by atoms with Gasteiger partial charge in [0.1, 0.15) is 0 Å². The Labute approximate surface area is 138 Å². The highest BCUT2D eigenvalue weighted by Crippen LogP contribution is 2.18. The van der Waals surface area contributed by atoms with Crippen LogP contribution in [-0.4, -0.2) is 22.4 Å². The van der Waals surface area contributed by atoms with Crippen LogP contribution in [0.2, 0.25) is 0 Å². The number of hydrogen-bond acceptors (Lipinski definition) is 4. The lowest BCUT2D eigenvalue weighted by molar-refractivity contribution is -0.121. The van der Waals surface area contributed by atoms with Gasteiger partial charge < -0.3 is 16.0 Å². The van der Waals surface area contributed by atoms with Crippen LogP contribution in [0, 0.1) is 0 Å². The van der Waals surface area contributed by atoms with E-state index in [-0.39, 0.29) is 5.91 Å². The fraction of sp³-hybridized carbons (Fsp3) is 0.294. The quantitative estimate of drug-likeness (QED) is 0.583. The lowest BCUT2D eigenvalue weighted by Crippen LogP contribution is -2.24. The molecule has 2 heterocycles. The van der Waals surface area contributed by atoms with Gasteiger partial charge in [0.25, 0.3) is 0 Å². The zero-order valence-corrected chi connectivity index (χ0v) is 13.7. The molecule has 0 spiro atoms. The number of aromatic nitrogens is 2. The second kappa shape index (κ2) is 7.28. The summed E-state index contributed by atoms with van der Waals surface area (Å²) in [4.78, 5) is 19.4. The predicted molar refractivity (Wildman–Crippen MR) is 94.5 cm³/mol. The van der Waals surface area contributed by atoms with Gasteiger partial charge in [-0.25, -0.2) is 4.98 Å². The van der Waals surface area contributed by atoms with Gasteiger partial charge in [0.2, 0.25) is 5.91 Å². The third-order valence-corrected chi connectivity index (χ3v) is 4.52. The largest absolute Gasteiger partial charge is 0.375 e. The summed E-state index contributed by atoms with van der Waals surface area (Å²) in [7, 11) is 0. The minimum absolute atomic E-state index is 0.0908. The van der Waals surface area contributed by atoms with E-state index in [4.69, 9.17) is 5.73 Å². The number of nitrogen functional groups attached to an aromatic ring is 1. The van der Waals surface area contributed by atoms with Crippen molar-refractivity contribution in [1.29, 1.82) is 0 Å². The summed E-state index contributed by atoms with van der Waals surface area (Å²) in [6, 6.07) is 8.15. The Hall–Kier alpha value is -2.34. The molecule has 0 saturated heterocycles. The molecular formula is C17H20N4OS. The number of amides is 1. The number of nitrogens with one attached hydrogen (secondary N) is 2. The number of para-hydroxylation sites is 1. The van der Waals surface area contributed by atoms with Gasteiger partial charge in [-0.15, -0.1) is 11.3 Å². The van der Waals surface area contributed by atoms with Crippen molar-refractivity contribution in [3.63, 3.8) is 0 Å². The number of fused-ring (bicyclic) bond motifs is 1. The maximum Gasteiger partial charge on any atom is 0.220 e. The topological polar surface area (TPSA) is 83.8 Å². The Morgan fingerprint density at radius 3 is 3.00 bits per heavy atom. The highest BCUT2D eigenvalue weighted by Gasteiger charge is 2.06. The van der Waals surface area contributed by atoms with Crippen LogP contribution >= 0.6 is 11.3 Å². The summed E-state index contributed by atoms with van der Waals surface area (Å²) >= 11 is 1.45. The molecule has 0 aliphatic carbocycles. The van der Waals surface area contributed by atoms with Crippen molar-refractivity contribution >= 4 is 33.3 Å². The Morgan fingerprint density at radius 2 is 2.17 bits per heavy atom. The third kappa shape index (κ3) is 4.10. The molecule has 120 valence electrons. The summed E-state index contributed by atoms with van der Waals surface area (Å²) in [5.74, 6) is 0.0908. The van der Waals surface area contributed by atoms with Gasteiger partial charge in [0, 0.05) is 35.4 Å². The summed E-state index contributed by atoms with van der Waals surface area (Å²) in [6.45, 7) is 0.671. The molecule has 6 heteroatoms. The van der Waals surface area contributed by atoms with Crippen molar-refractivity contribution in [3.05, 3.63) is 47.1 Å². The number of benzene rings is 1. The molecule has 0 atom stereocenters. The molecule has 4 N–H and O–H groups in total. The Balaban J connectivity index is 1.39. The van der Waals surface area contributed by atoms with Gasteiger partial charge in [0.15, 0.2) is 5.13 Å². The highest BCUT2D eigenvalue weighted by molar-refractivity contribution is 7.13. The lowest BCUT2D eigenvalue weighted by Gasteiger charge is -2.04. The zero-order chi connectivity index (χ0) is 16.1. The van der Waals surface area contributed by atoms with Gasteiger partial charge >= 0.3 is 0 Å². The number of anilines is 1. The van der Waals surface area contributed by atoms with E-state index >= 15 is 0 Å². The molecule has 0 aliphatic heterocycles. The van der Waals surface area contributed by atoms with Gasteiger partial charge in [-0.3, -0.25) is 4.79 Å². The first kappa shape index (κ1) is 15.6. The minimum atomic E-state index is 0.0908. The van der Waals surface area contributed by atoms with Crippen molar-refractivity contribution < 1.29 is 4.79 Å². The van der Waals surface area contributed by atoms with E-state index in [1.165, 1.54) is 22.3 Å². The normalized spacial score (nSPS) is 11.0. The number of rotatable bonds is 7. The Bertz CT molecular complexity index is 793. The summed E-state index contributed by atoms with van der Waals surface area (Å²) in [5.41, 5.74) is 8.90. The number of nitrogens with two attached hydrogens (primary N) is 1. The fourth-order valence-corrected chi connectivity index (χ4v) is 3.21. The maximum atomic E-state index is 11.9. The number of carbonyl (C=O) groups excluding carboxylic acids is 1. The van der Waals surface area contributed by atoms with E-state index in [2.05, 4.69) is 21.4 Å². The molecule has 0 aliphatic rings. The van der Waals surface area contributed by atoms with Crippen LogP contribution < -0.4 is 11.1 Å². The number of carbonyl (C=O) groups is 1. The molecular weight excluding hydrogens is 308 g/mol. The van der Waals surface area contributed by atoms with E-state index < -0.39 is 0 Å². The van der Waals surface area contributed by atoms with Gasteiger partial charge in [0.05, 0.1) is 5.69 Å². The van der Waals surface area contributed by atoms with E-state index in [0.29, 0.717) is 18.1 Å². The molecule has 0 radical (unpaired) electrons. The van der Waals surface area contributed by atoms with Crippen LogP contribution in [0.15, 0.2) is 35.8 Å². The summed E-state index contributed by atoms with van der Waals surface area (Å²) < 4.78 is 0. The first-order valence-corrected chi connectivity index (χ1v) is 8.62. The molecule has 3 aromatic rings. The third-order valence-electron chi connectivity index (χ3n) is 3.80. The van der Waals surface area contributed by atoms with Crippen molar-refractivity contribution in [3.8, 4) is 0 Å². The number of aromatic amines is 1. The van der Waals surface area contributed by atoms with Crippen LogP contribution in [0.1, 0.15) is 24.1 Å². The number of aryl methyl sites for hydroxylation is 2. The van der Waals surface area contributed by atoms with Gasteiger partial charge in [-0.1, -0.05) is 18.2 Å². The summed E-state index contributed by atoms with van der Waals surface area (Å²) in [5, 5.41) is 6.73. The average Bonchev–Trinajstić information content (AvgIpc) is 3.16. The standard InChI is InChI=1S/C17H20N4OS/c18-17-21-13(11-23-17)4-3-9-19-16(22)8-7-12-10-20-15-6-2-1-5-14(12)15/h1-2,5-6,10-11,20H,3-4,7-9H2,(H2,18,21)(H,19,22). The van der Waals surface area contributed by atoms with Crippen LogP contribution in [0.3, 0.4) is 0 Å². The summed E-state index contributed by atoms with van der Waals surface area (Å²) in [6.07, 6.45) is 4.97. The highest BCUT2D eigenvalue weighted by atomic mass is 32.1. The molecule has 5 nitrogen and oxygen atoms in total. The van der Waals surface area contributed by atoms with Crippen LogP contribution in [0.4, 0.5) is 5.13 Å². The molecule has 1 amide bonds. The SMILES string of the molecule is Nc1nc(CCCNC(=O)CCc2c[nH]c3ccccc23)cs1. The monoisotopic (exact) mass is 328 g/mol. The molecule has 3 rings (SSSR count). The number of nitrogens with zero attached hydrogens (tertiary/aromatic N) is 1.